The normalized spacial score (nSPS) is 23.0. The van der Waals surface area contributed by atoms with Crippen molar-refractivity contribution in [3.8, 4) is 0 Å². The molecule has 0 aliphatic carbocycles. The Morgan fingerprint density at radius 3 is 2.43 bits per heavy atom. The highest BCUT2D eigenvalue weighted by molar-refractivity contribution is 5.85. The van der Waals surface area contributed by atoms with Crippen LogP contribution in [0.1, 0.15) is 12.1 Å². The molecular formula is C15H26ClN5O2. The van der Waals surface area contributed by atoms with Crippen molar-refractivity contribution in [2.45, 2.75) is 19.0 Å². The zero-order valence-electron chi connectivity index (χ0n) is 13.8. The molecule has 0 radical (unpaired) electrons. The Bertz CT molecular complexity index is 642. The van der Waals surface area contributed by atoms with Crippen LogP contribution >= 0.6 is 12.4 Å². The second-order valence-corrected chi connectivity index (χ2v) is 6.33. The minimum Gasteiger partial charge on any atom is -0.315 e. The van der Waals surface area contributed by atoms with Crippen molar-refractivity contribution in [3.63, 3.8) is 0 Å². The number of piperazine rings is 1. The van der Waals surface area contributed by atoms with Gasteiger partial charge in [0.15, 0.2) is 0 Å². The second-order valence-electron chi connectivity index (χ2n) is 6.33. The highest BCUT2D eigenvalue weighted by atomic mass is 35.5. The van der Waals surface area contributed by atoms with Gasteiger partial charge in [-0.15, -0.1) is 12.4 Å². The Morgan fingerprint density at radius 1 is 1.13 bits per heavy atom. The van der Waals surface area contributed by atoms with Gasteiger partial charge >= 0.3 is 5.69 Å². The number of nitrogens with zero attached hydrogens (tertiary/aromatic N) is 4. The average molecular weight is 344 g/mol. The largest absolute Gasteiger partial charge is 0.330 e. The van der Waals surface area contributed by atoms with Gasteiger partial charge in [0.1, 0.15) is 0 Å². The Morgan fingerprint density at radius 2 is 1.83 bits per heavy atom. The number of aromatic nitrogens is 2. The van der Waals surface area contributed by atoms with Crippen LogP contribution in [0.2, 0.25) is 0 Å². The van der Waals surface area contributed by atoms with Crippen LogP contribution in [0.3, 0.4) is 0 Å². The van der Waals surface area contributed by atoms with E-state index in [9.17, 15) is 9.59 Å². The molecule has 3 heterocycles. The third-order valence-corrected chi connectivity index (χ3v) is 4.97. The summed E-state index contributed by atoms with van der Waals surface area (Å²) in [5.41, 5.74) is 0.316. The maximum atomic E-state index is 12.0. The van der Waals surface area contributed by atoms with Gasteiger partial charge in [0.05, 0.1) is 0 Å². The number of halogens is 1. The van der Waals surface area contributed by atoms with Crippen LogP contribution in [0, 0.1) is 0 Å². The Balaban J connectivity index is 0.00000192. The van der Waals surface area contributed by atoms with Gasteiger partial charge in [-0.3, -0.25) is 23.7 Å². The molecule has 0 spiro atoms. The highest BCUT2D eigenvalue weighted by Crippen LogP contribution is 2.13. The molecular weight excluding hydrogens is 318 g/mol. The lowest BCUT2D eigenvalue weighted by atomic mass is 10.2. The summed E-state index contributed by atoms with van der Waals surface area (Å²) < 4.78 is 2.73. The zero-order chi connectivity index (χ0) is 15.7. The third kappa shape index (κ3) is 3.85. The van der Waals surface area contributed by atoms with Gasteiger partial charge in [0.25, 0.3) is 5.56 Å². The lowest BCUT2D eigenvalue weighted by Gasteiger charge is -2.37. The molecule has 0 aromatic carbocycles. The van der Waals surface area contributed by atoms with E-state index >= 15 is 0 Å². The van der Waals surface area contributed by atoms with Crippen LogP contribution in [0.4, 0.5) is 0 Å². The van der Waals surface area contributed by atoms with Crippen molar-refractivity contribution in [1.29, 1.82) is 0 Å². The first-order valence-corrected chi connectivity index (χ1v) is 7.99. The molecule has 1 atom stereocenters. The average Bonchev–Trinajstić information content (AvgIpc) is 3.05. The number of hydrogen-bond acceptors (Lipinski definition) is 5. The molecule has 1 aromatic rings. The molecule has 130 valence electrons. The number of nitrogens with one attached hydrogen (secondary N) is 1. The summed E-state index contributed by atoms with van der Waals surface area (Å²) in [5, 5.41) is 3.42. The molecule has 2 fully saturated rings. The van der Waals surface area contributed by atoms with Crippen molar-refractivity contribution < 1.29 is 0 Å². The molecule has 1 aromatic heterocycles. The summed E-state index contributed by atoms with van der Waals surface area (Å²) in [6.07, 6.45) is 1.24. The Hall–Kier alpha value is -1.15. The van der Waals surface area contributed by atoms with Crippen molar-refractivity contribution in [2.75, 3.05) is 39.3 Å². The summed E-state index contributed by atoms with van der Waals surface area (Å²) in [6.45, 7) is 6.98. The first-order valence-electron chi connectivity index (χ1n) is 7.99. The lowest BCUT2D eigenvalue weighted by molar-refractivity contribution is 0.0964. The predicted molar refractivity (Wildman–Crippen MR) is 92.3 cm³/mol. The summed E-state index contributed by atoms with van der Waals surface area (Å²) in [5.74, 6) is 0. The fourth-order valence-corrected chi connectivity index (χ4v) is 3.40. The molecule has 7 nitrogen and oxygen atoms in total. The van der Waals surface area contributed by atoms with Crippen LogP contribution in [0.5, 0.6) is 0 Å². The summed E-state index contributed by atoms with van der Waals surface area (Å²) in [4.78, 5) is 28.6. The van der Waals surface area contributed by atoms with E-state index < -0.39 is 0 Å². The third-order valence-electron chi connectivity index (χ3n) is 4.97. The van der Waals surface area contributed by atoms with E-state index in [2.05, 4.69) is 15.1 Å². The summed E-state index contributed by atoms with van der Waals surface area (Å²) >= 11 is 0. The molecule has 8 heteroatoms. The fraction of sp³-hybridized carbons (Fsp3) is 0.733. The number of rotatable bonds is 3. The van der Waals surface area contributed by atoms with E-state index in [4.69, 9.17) is 0 Å². The van der Waals surface area contributed by atoms with E-state index in [1.54, 1.807) is 17.7 Å². The van der Waals surface area contributed by atoms with Crippen LogP contribution in [-0.2, 0) is 20.6 Å². The van der Waals surface area contributed by atoms with Gasteiger partial charge in [-0.05, 0) is 13.0 Å². The maximum absolute atomic E-state index is 12.0. The van der Waals surface area contributed by atoms with Gasteiger partial charge in [0, 0.05) is 71.2 Å². The molecule has 1 unspecified atom stereocenters. The van der Waals surface area contributed by atoms with Crippen molar-refractivity contribution in [2.24, 2.45) is 14.1 Å². The molecule has 23 heavy (non-hydrogen) atoms. The zero-order valence-corrected chi connectivity index (χ0v) is 14.6. The van der Waals surface area contributed by atoms with Crippen LogP contribution in [-0.4, -0.2) is 64.2 Å². The predicted octanol–water partition coefficient (Wildman–Crippen LogP) is -1.01. The standard InChI is InChI=1S/C15H25N5O2.ClH/c1-17-13(9-14(21)18(2)15(17)22)11-19-5-7-20(8-6-19)12-3-4-16-10-12;/h9,12,16H,3-8,10-11H2,1-2H3;1H. The van der Waals surface area contributed by atoms with Crippen LogP contribution in [0.15, 0.2) is 15.7 Å². The minimum absolute atomic E-state index is 0. The quantitative estimate of drug-likeness (QED) is 0.761. The topological polar surface area (TPSA) is 62.5 Å². The Kier molecular flexibility index (Phi) is 6.02. The molecule has 0 bridgehead atoms. The van der Waals surface area contributed by atoms with Crippen molar-refractivity contribution in [3.05, 3.63) is 32.6 Å². The highest BCUT2D eigenvalue weighted by Gasteiger charge is 2.26. The molecule has 1 N–H and O–H groups in total. The molecule has 2 saturated heterocycles. The smallest absolute Gasteiger partial charge is 0.315 e. The minimum atomic E-state index is -0.252. The summed E-state index contributed by atoms with van der Waals surface area (Å²) in [6, 6.07) is 2.25. The van der Waals surface area contributed by atoms with E-state index in [-0.39, 0.29) is 23.7 Å². The molecule has 2 aliphatic heterocycles. The molecule has 3 rings (SSSR count). The first kappa shape index (κ1) is 18.2. The van der Waals surface area contributed by atoms with Gasteiger partial charge in [-0.2, -0.15) is 0 Å². The van der Waals surface area contributed by atoms with E-state index in [0.717, 1.165) is 49.5 Å². The molecule has 2 aliphatic rings. The van der Waals surface area contributed by atoms with Gasteiger partial charge in [-0.1, -0.05) is 0 Å². The van der Waals surface area contributed by atoms with E-state index in [1.165, 1.54) is 13.5 Å². The SMILES string of the molecule is Cl.Cn1c(CN2CCN(C3CCNC3)CC2)cc(=O)n(C)c1=O. The van der Waals surface area contributed by atoms with E-state index in [0.29, 0.717) is 12.6 Å². The van der Waals surface area contributed by atoms with Gasteiger partial charge in [-0.25, -0.2) is 4.79 Å². The maximum Gasteiger partial charge on any atom is 0.330 e. The van der Waals surface area contributed by atoms with Crippen molar-refractivity contribution >= 4 is 12.4 Å². The van der Waals surface area contributed by atoms with E-state index in [1.807, 2.05) is 0 Å². The second kappa shape index (κ2) is 7.61. The Labute approximate surface area is 142 Å². The van der Waals surface area contributed by atoms with Crippen LogP contribution < -0.4 is 16.6 Å². The first-order chi connectivity index (χ1) is 10.6. The monoisotopic (exact) mass is 343 g/mol. The van der Waals surface area contributed by atoms with Crippen LogP contribution in [0.25, 0.3) is 0 Å². The fourth-order valence-electron chi connectivity index (χ4n) is 3.40. The summed E-state index contributed by atoms with van der Waals surface area (Å²) in [7, 11) is 3.25. The molecule has 0 saturated carbocycles. The lowest BCUT2D eigenvalue weighted by Crippen LogP contribution is -2.51. The van der Waals surface area contributed by atoms with Crippen molar-refractivity contribution in [1.82, 2.24) is 24.3 Å². The van der Waals surface area contributed by atoms with Gasteiger partial charge < -0.3 is 5.32 Å². The number of hydrogen-bond donors (Lipinski definition) is 1. The molecule has 0 amide bonds. The van der Waals surface area contributed by atoms with Gasteiger partial charge in [0.2, 0.25) is 0 Å².